The second-order valence-corrected chi connectivity index (χ2v) is 28.9. The molecule has 0 radical (unpaired) electrons. The van der Waals surface area contributed by atoms with Crippen molar-refractivity contribution in [3.05, 3.63) is 0 Å². The summed E-state index contributed by atoms with van der Waals surface area (Å²) < 4.78 is 68.2. The average molecular weight is 1310 g/mol. The van der Waals surface area contributed by atoms with E-state index < -0.39 is 97.5 Å². The summed E-state index contributed by atoms with van der Waals surface area (Å²) in [6.45, 7) is 9.50. The first kappa shape index (κ1) is 87.1. The molecular formula is C70H136O17P2. The van der Waals surface area contributed by atoms with Gasteiger partial charge in [-0.25, -0.2) is 9.13 Å². The Labute approximate surface area is 543 Å². The molecule has 0 heterocycles. The second kappa shape index (κ2) is 62.2. The molecule has 89 heavy (non-hydrogen) atoms. The molecule has 0 bridgehead atoms. The van der Waals surface area contributed by atoms with Crippen molar-refractivity contribution in [3.8, 4) is 0 Å². The number of phosphoric ester groups is 2. The van der Waals surface area contributed by atoms with E-state index in [0.717, 1.165) is 108 Å². The smallest absolute Gasteiger partial charge is 0.462 e. The number of aliphatic hydroxyl groups is 1. The molecule has 0 aliphatic rings. The van der Waals surface area contributed by atoms with E-state index in [4.69, 9.17) is 37.0 Å². The van der Waals surface area contributed by atoms with Crippen LogP contribution >= 0.6 is 15.6 Å². The molecule has 0 rings (SSSR count). The van der Waals surface area contributed by atoms with Crippen molar-refractivity contribution in [1.82, 2.24) is 0 Å². The molecule has 0 fully saturated rings. The highest BCUT2D eigenvalue weighted by Gasteiger charge is 2.30. The number of hydrogen-bond acceptors (Lipinski definition) is 15. The summed E-state index contributed by atoms with van der Waals surface area (Å²) in [7, 11) is -9.90. The van der Waals surface area contributed by atoms with Gasteiger partial charge in [0.15, 0.2) is 12.2 Å². The van der Waals surface area contributed by atoms with Crippen molar-refractivity contribution in [2.24, 2.45) is 11.8 Å². The van der Waals surface area contributed by atoms with E-state index in [1.165, 1.54) is 167 Å². The Morgan fingerprint density at radius 2 is 0.573 bits per heavy atom. The van der Waals surface area contributed by atoms with Crippen LogP contribution in [0.1, 0.15) is 356 Å². The van der Waals surface area contributed by atoms with Crippen molar-refractivity contribution in [3.63, 3.8) is 0 Å². The first-order chi connectivity index (χ1) is 42.9. The van der Waals surface area contributed by atoms with Crippen molar-refractivity contribution < 1.29 is 80.2 Å². The minimum atomic E-state index is -4.95. The Hall–Kier alpha value is -1.94. The zero-order valence-corrected chi connectivity index (χ0v) is 59.5. The topological polar surface area (TPSA) is 237 Å². The molecule has 0 aromatic rings. The highest BCUT2D eigenvalue weighted by molar-refractivity contribution is 7.47. The molecule has 6 atom stereocenters. The number of esters is 4. The maximum atomic E-state index is 13.0. The summed E-state index contributed by atoms with van der Waals surface area (Å²) in [5.41, 5.74) is 0. The largest absolute Gasteiger partial charge is 0.472 e. The van der Waals surface area contributed by atoms with Crippen molar-refractivity contribution in [1.29, 1.82) is 0 Å². The maximum Gasteiger partial charge on any atom is 0.472 e. The third-order valence-electron chi connectivity index (χ3n) is 16.6. The van der Waals surface area contributed by atoms with Crippen molar-refractivity contribution >= 4 is 39.5 Å². The quantitative estimate of drug-likeness (QED) is 0.0222. The summed E-state index contributed by atoms with van der Waals surface area (Å²) in [6.07, 6.45) is 47.2. The van der Waals surface area contributed by atoms with E-state index >= 15 is 0 Å². The number of aliphatic hydroxyl groups excluding tert-OH is 1. The molecule has 3 unspecified atom stereocenters. The van der Waals surface area contributed by atoms with E-state index in [1.54, 1.807) is 0 Å². The van der Waals surface area contributed by atoms with Gasteiger partial charge in [0.05, 0.1) is 26.4 Å². The van der Waals surface area contributed by atoms with Gasteiger partial charge < -0.3 is 33.8 Å². The van der Waals surface area contributed by atoms with Crippen LogP contribution in [0, 0.1) is 11.8 Å². The first-order valence-electron chi connectivity index (χ1n) is 36.5. The Kier molecular flexibility index (Phi) is 60.8. The van der Waals surface area contributed by atoms with Gasteiger partial charge in [-0.15, -0.1) is 0 Å². The summed E-state index contributed by atoms with van der Waals surface area (Å²) >= 11 is 0. The van der Waals surface area contributed by atoms with E-state index in [1.807, 2.05) is 0 Å². The van der Waals surface area contributed by atoms with Crippen LogP contribution in [-0.2, 0) is 65.4 Å². The molecular weight excluding hydrogens is 1170 g/mol. The molecule has 19 heteroatoms. The fourth-order valence-electron chi connectivity index (χ4n) is 10.6. The van der Waals surface area contributed by atoms with Crippen LogP contribution in [0.3, 0.4) is 0 Å². The molecule has 3 N–H and O–H groups in total. The highest BCUT2D eigenvalue weighted by atomic mass is 31.2. The van der Waals surface area contributed by atoms with Gasteiger partial charge in [-0.05, 0) is 37.5 Å². The number of phosphoric acid groups is 2. The van der Waals surface area contributed by atoms with Crippen LogP contribution in [0.5, 0.6) is 0 Å². The summed E-state index contributed by atoms with van der Waals surface area (Å²) in [6, 6.07) is 0. The molecule has 528 valence electrons. The Morgan fingerprint density at radius 3 is 0.854 bits per heavy atom. The summed E-state index contributed by atoms with van der Waals surface area (Å²) in [5, 5.41) is 10.6. The van der Waals surface area contributed by atoms with Gasteiger partial charge >= 0.3 is 39.5 Å². The molecule has 0 saturated heterocycles. The number of unbranched alkanes of at least 4 members (excludes halogenated alkanes) is 38. The van der Waals surface area contributed by atoms with Crippen LogP contribution in [0.15, 0.2) is 0 Å². The molecule has 0 aromatic heterocycles. The molecule has 0 aromatic carbocycles. The molecule has 0 aliphatic carbocycles. The Bertz CT molecular complexity index is 1740. The number of hydrogen-bond donors (Lipinski definition) is 3. The SMILES string of the molecule is CCCCCCCCCCCCCCCCC(=O)OC[C@H](COP(=O)(O)OC[C@@H](O)COP(=O)(O)OC[C@@H](COC(=O)CCCCCCCCCC)OC(=O)CCCCCCCCC(C)CC)OC(=O)CCCCCCCCCCCCCCCCC(C)C. The molecule has 0 saturated carbocycles. The van der Waals surface area contributed by atoms with Gasteiger partial charge in [0.25, 0.3) is 0 Å². The number of rotatable bonds is 69. The van der Waals surface area contributed by atoms with Crippen LogP contribution in [0.2, 0.25) is 0 Å². The lowest BCUT2D eigenvalue weighted by atomic mass is 10.00. The highest BCUT2D eigenvalue weighted by Crippen LogP contribution is 2.45. The van der Waals surface area contributed by atoms with Gasteiger partial charge in [0, 0.05) is 25.7 Å². The Balaban J connectivity index is 5.22. The molecule has 0 amide bonds. The lowest BCUT2D eigenvalue weighted by Gasteiger charge is -2.21. The molecule has 0 aliphatic heterocycles. The number of carbonyl (C=O) groups excluding carboxylic acids is 4. The normalized spacial score (nSPS) is 14.4. The summed E-state index contributed by atoms with van der Waals surface area (Å²) in [4.78, 5) is 72.4. The minimum absolute atomic E-state index is 0.103. The van der Waals surface area contributed by atoms with E-state index in [-0.39, 0.29) is 25.7 Å². The van der Waals surface area contributed by atoms with Crippen LogP contribution in [0.25, 0.3) is 0 Å². The van der Waals surface area contributed by atoms with Crippen molar-refractivity contribution in [2.45, 2.75) is 374 Å². The lowest BCUT2D eigenvalue weighted by Crippen LogP contribution is -2.30. The monoisotopic (exact) mass is 1310 g/mol. The van der Waals surface area contributed by atoms with Crippen molar-refractivity contribution in [2.75, 3.05) is 39.6 Å². The van der Waals surface area contributed by atoms with Crippen LogP contribution in [0.4, 0.5) is 0 Å². The zero-order chi connectivity index (χ0) is 65.7. The Morgan fingerprint density at radius 1 is 0.326 bits per heavy atom. The van der Waals surface area contributed by atoms with Gasteiger partial charge in [-0.3, -0.25) is 37.3 Å². The fourth-order valence-corrected chi connectivity index (χ4v) is 12.1. The maximum absolute atomic E-state index is 13.0. The van der Waals surface area contributed by atoms with E-state index in [9.17, 15) is 43.2 Å². The lowest BCUT2D eigenvalue weighted by molar-refractivity contribution is -0.161. The van der Waals surface area contributed by atoms with Crippen LogP contribution in [-0.4, -0.2) is 96.7 Å². The third kappa shape index (κ3) is 63.2. The predicted octanol–water partition coefficient (Wildman–Crippen LogP) is 20.0. The number of ether oxygens (including phenoxy) is 4. The van der Waals surface area contributed by atoms with E-state index in [0.29, 0.717) is 25.7 Å². The zero-order valence-electron chi connectivity index (χ0n) is 57.7. The molecule has 17 nitrogen and oxygen atoms in total. The predicted molar refractivity (Wildman–Crippen MR) is 358 cm³/mol. The van der Waals surface area contributed by atoms with E-state index in [2.05, 4.69) is 41.5 Å². The standard InChI is InChI=1S/C70H136O17P2/c1-7-10-12-14-16-18-19-20-24-27-30-34-41-47-53-68(73)81-58-65(86-69(74)54-48-42-35-31-28-25-22-21-23-26-29-32-38-44-50-62(4)5)60-84-88(76,77)82-56-64(71)57-83-89(78,79)85-61-66(59-80-67(72)52-46-40-33-17-15-13-11-8-2)87-70(75)55-49-43-37-36-39-45-51-63(6)9-3/h62-66,71H,7-61H2,1-6H3,(H,76,77)(H,78,79)/t63?,64-,65-,66-/m1/s1. The molecule has 0 spiro atoms. The minimum Gasteiger partial charge on any atom is -0.462 e. The van der Waals surface area contributed by atoms with Gasteiger partial charge in [0.2, 0.25) is 0 Å². The van der Waals surface area contributed by atoms with Gasteiger partial charge in [-0.1, -0.05) is 305 Å². The van der Waals surface area contributed by atoms with Gasteiger partial charge in [-0.2, -0.15) is 0 Å². The fraction of sp³-hybridized carbons (Fsp3) is 0.943. The second-order valence-electron chi connectivity index (χ2n) is 26.0. The average Bonchev–Trinajstić information content (AvgIpc) is 3.72. The van der Waals surface area contributed by atoms with Gasteiger partial charge in [0.1, 0.15) is 19.3 Å². The third-order valence-corrected chi connectivity index (χ3v) is 18.5. The number of carbonyl (C=O) groups is 4. The van der Waals surface area contributed by atoms with Crippen LogP contribution < -0.4 is 0 Å². The summed E-state index contributed by atoms with van der Waals surface area (Å²) in [5.74, 6) is -0.613. The first-order valence-corrected chi connectivity index (χ1v) is 39.5.